The number of piperidine rings is 1. The lowest BCUT2D eigenvalue weighted by molar-refractivity contribution is 0.0701. The minimum atomic E-state index is -2.48. The third-order valence-electron chi connectivity index (χ3n) is 4.69. The SMILES string of the molecule is Cc1nc(CC2CCN(Cc3ccc(C(F)F)cn3)CC2)sc1C(=O)O. The predicted molar refractivity (Wildman–Crippen MR) is 94.7 cm³/mol. The first-order chi connectivity index (χ1) is 12.4. The number of hydrogen-bond donors (Lipinski definition) is 1. The number of pyridine rings is 1. The number of likely N-dealkylation sites (tertiary alicyclic amines) is 1. The van der Waals surface area contributed by atoms with E-state index in [0.717, 1.165) is 43.1 Å². The van der Waals surface area contributed by atoms with Gasteiger partial charge in [0.15, 0.2) is 0 Å². The quantitative estimate of drug-likeness (QED) is 0.821. The van der Waals surface area contributed by atoms with Crippen LogP contribution in [0.5, 0.6) is 0 Å². The van der Waals surface area contributed by atoms with Crippen molar-refractivity contribution in [2.45, 2.75) is 39.2 Å². The Morgan fingerprint density at radius 3 is 2.65 bits per heavy atom. The highest BCUT2D eigenvalue weighted by atomic mass is 32.1. The summed E-state index contributed by atoms with van der Waals surface area (Å²) in [7, 11) is 0. The molecule has 26 heavy (non-hydrogen) atoms. The molecule has 3 rings (SSSR count). The molecule has 1 aliphatic heterocycles. The van der Waals surface area contributed by atoms with Crippen LogP contribution in [0.4, 0.5) is 8.78 Å². The van der Waals surface area contributed by atoms with Crippen molar-refractivity contribution in [2.24, 2.45) is 5.92 Å². The highest BCUT2D eigenvalue weighted by Crippen LogP contribution is 2.26. The number of carboxylic acid groups (broad SMARTS) is 1. The van der Waals surface area contributed by atoms with Gasteiger partial charge in [-0.3, -0.25) is 9.88 Å². The van der Waals surface area contributed by atoms with E-state index in [1.165, 1.54) is 23.6 Å². The molecule has 1 fully saturated rings. The van der Waals surface area contributed by atoms with Crippen LogP contribution in [0, 0.1) is 12.8 Å². The zero-order valence-electron chi connectivity index (χ0n) is 14.5. The number of carbonyl (C=O) groups is 1. The summed E-state index contributed by atoms with van der Waals surface area (Å²) in [5.74, 6) is -0.418. The number of rotatable bonds is 6. The van der Waals surface area contributed by atoms with Crippen LogP contribution in [0.15, 0.2) is 18.3 Å². The first kappa shape index (κ1) is 18.8. The van der Waals surface area contributed by atoms with Crippen molar-refractivity contribution in [2.75, 3.05) is 13.1 Å². The number of aromatic nitrogens is 2. The fraction of sp³-hybridized carbons (Fsp3) is 0.500. The zero-order chi connectivity index (χ0) is 18.7. The fourth-order valence-corrected chi connectivity index (χ4v) is 4.24. The van der Waals surface area contributed by atoms with E-state index in [1.807, 2.05) is 0 Å². The van der Waals surface area contributed by atoms with Gasteiger partial charge in [0, 0.05) is 24.7 Å². The molecule has 0 spiro atoms. The first-order valence-corrected chi connectivity index (χ1v) is 9.39. The molecule has 0 atom stereocenters. The van der Waals surface area contributed by atoms with Gasteiger partial charge in [0.05, 0.1) is 16.4 Å². The first-order valence-electron chi connectivity index (χ1n) is 8.57. The van der Waals surface area contributed by atoms with Crippen LogP contribution in [0.2, 0.25) is 0 Å². The van der Waals surface area contributed by atoms with Crippen molar-refractivity contribution in [3.63, 3.8) is 0 Å². The Balaban J connectivity index is 1.49. The van der Waals surface area contributed by atoms with Gasteiger partial charge in [-0.25, -0.2) is 18.6 Å². The van der Waals surface area contributed by atoms with Crippen molar-refractivity contribution < 1.29 is 18.7 Å². The van der Waals surface area contributed by atoms with Crippen LogP contribution in [-0.4, -0.2) is 39.0 Å². The normalized spacial score (nSPS) is 16.3. The molecule has 5 nitrogen and oxygen atoms in total. The van der Waals surface area contributed by atoms with Gasteiger partial charge in [-0.05, 0) is 50.9 Å². The van der Waals surface area contributed by atoms with E-state index in [-0.39, 0.29) is 5.56 Å². The molecule has 0 aromatic carbocycles. The maximum Gasteiger partial charge on any atom is 0.347 e. The van der Waals surface area contributed by atoms with Gasteiger partial charge < -0.3 is 5.11 Å². The number of thiazole rings is 1. The Morgan fingerprint density at radius 1 is 1.38 bits per heavy atom. The van der Waals surface area contributed by atoms with Gasteiger partial charge in [-0.2, -0.15) is 0 Å². The summed E-state index contributed by atoms with van der Waals surface area (Å²) in [5, 5.41) is 10.0. The summed E-state index contributed by atoms with van der Waals surface area (Å²) >= 11 is 1.27. The van der Waals surface area contributed by atoms with Crippen molar-refractivity contribution in [3.8, 4) is 0 Å². The van der Waals surface area contributed by atoms with Gasteiger partial charge in [0.25, 0.3) is 6.43 Å². The molecule has 0 radical (unpaired) electrons. The fourth-order valence-electron chi connectivity index (χ4n) is 3.22. The van der Waals surface area contributed by atoms with Gasteiger partial charge in [0.2, 0.25) is 0 Å². The molecule has 8 heteroatoms. The van der Waals surface area contributed by atoms with Gasteiger partial charge in [-0.15, -0.1) is 11.3 Å². The molecule has 0 bridgehead atoms. The molecule has 0 saturated carbocycles. The summed E-state index contributed by atoms with van der Waals surface area (Å²) in [6.07, 6.45) is 1.60. The Kier molecular flexibility index (Phi) is 5.93. The van der Waals surface area contributed by atoms with Crippen LogP contribution in [-0.2, 0) is 13.0 Å². The molecule has 3 heterocycles. The second-order valence-electron chi connectivity index (χ2n) is 6.63. The highest BCUT2D eigenvalue weighted by molar-refractivity contribution is 7.13. The lowest BCUT2D eigenvalue weighted by Crippen LogP contribution is -2.34. The third-order valence-corrected chi connectivity index (χ3v) is 5.86. The van der Waals surface area contributed by atoms with Crippen molar-refractivity contribution in [1.82, 2.24) is 14.9 Å². The minimum absolute atomic E-state index is 0.0491. The lowest BCUT2D eigenvalue weighted by Gasteiger charge is -2.31. The number of aromatic carboxylic acids is 1. The molecule has 2 aromatic heterocycles. The molecule has 140 valence electrons. The molecule has 0 aliphatic carbocycles. The monoisotopic (exact) mass is 381 g/mol. The van der Waals surface area contributed by atoms with E-state index in [2.05, 4.69) is 14.9 Å². The molecule has 1 aliphatic rings. The van der Waals surface area contributed by atoms with E-state index in [4.69, 9.17) is 5.11 Å². The van der Waals surface area contributed by atoms with Crippen LogP contribution < -0.4 is 0 Å². The molecule has 1 N–H and O–H groups in total. The Morgan fingerprint density at radius 2 is 2.12 bits per heavy atom. The van der Waals surface area contributed by atoms with Crippen LogP contribution in [0.3, 0.4) is 0 Å². The number of hydrogen-bond acceptors (Lipinski definition) is 5. The number of nitrogens with zero attached hydrogens (tertiary/aromatic N) is 3. The van der Waals surface area contributed by atoms with E-state index in [1.54, 1.807) is 13.0 Å². The van der Waals surface area contributed by atoms with E-state index >= 15 is 0 Å². The Labute approximate surface area is 154 Å². The maximum absolute atomic E-state index is 12.6. The van der Waals surface area contributed by atoms with Crippen LogP contribution >= 0.6 is 11.3 Å². The van der Waals surface area contributed by atoms with Crippen LogP contribution in [0.1, 0.15) is 50.9 Å². The molecule has 0 amide bonds. The third kappa shape index (κ3) is 4.62. The van der Waals surface area contributed by atoms with E-state index in [0.29, 0.717) is 23.0 Å². The average Bonchev–Trinajstić information content (AvgIpc) is 2.98. The summed E-state index contributed by atoms with van der Waals surface area (Å²) in [6, 6.07) is 3.10. The number of alkyl halides is 2. The summed E-state index contributed by atoms with van der Waals surface area (Å²) in [6.45, 7) is 4.23. The van der Waals surface area contributed by atoms with Gasteiger partial charge >= 0.3 is 5.97 Å². The maximum atomic E-state index is 12.6. The second kappa shape index (κ2) is 8.18. The van der Waals surface area contributed by atoms with Crippen molar-refractivity contribution in [1.29, 1.82) is 0 Å². The van der Waals surface area contributed by atoms with Crippen molar-refractivity contribution in [3.05, 3.63) is 45.2 Å². The Bertz CT molecular complexity index is 756. The molecule has 1 saturated heterocycles. The standard InChI is InChI=1S/C18H21F2N3O2S/c1-11-16(18(24)25)26-15(22-11)8-12-4-6-23(7-5-12)10-14-3-2-13(9-21-14)17(19)20/h2-3,9,12,17H,4-8,10H2,1H3,(H,24,25). The topological polar surface area (TPSA) is 66.3 Å². The predicted octanol–water partition coefficient (Wildman–Crippen LogP) is 3.94. The Hall–Kier alpha value is -1.93. The van der Waals surface area contributed by atoms with E-state index < -0.39 is 12.4 Å². The molecule has 0 unspecified atom stereocenters. The van der Waals surface area contributed by atoms with Gasteiger partial charge in [0.1, 0.15) is 4.88 Å². The summed E-state index contributed by atoms with van der Waals surface area (Å²) in [5.41, 5.74) is 1.34. The average molecular weight is 381 g/mol. The number of aryl methyl sites for hydroxylation is 1. The largest absolute Gasteiger partial charge is 0.477 e. The van der Waals surface area contributed by atoms with Crippen LogP contribution in [0.25, 0.3) is 0 Å². The summed E-state index contributed by atoms with van der Waals surface area (Å²) < 4.78 is 25.1. The zero-order valence-corrected chi connectivity index (χ0v) is 15.3. The lowest BCUT2D eigenvalue weighted by atomic mass is 9.94. The van der Waals surface area contributed by atoms with Gasteiger partial charge in [-0.1, -0.05) is 0 Å². The second-order valence-corrected chi connectivity index (χ2v) is 7.72. The molecule has 2 aromatic rings. The highest BCUT2D eigenvalue weighted by Gasteiger charge is 2.22. The number of halogens is 2. The molecular formula is C18H21F2N3O2S. The summed E-state index contributed by atoms with van der Waals surface area (Å²) in [4.78, 5) is 22.2. The van der Waals surface area contributed by atoms with E-state index in [9.17, 15) is 13.6 Å². The minimum Gasteiger partial charge on any atom is -0.477 e. The van der Waals surface area contributed by atoms with Crippen molar-refractivity contribution >= 4 is 17.3 Å². The molecular weight excluding hydrogens is 360 g/mol. The number of carboxylic acids is 1. The smallest absolute Gasteiger partial charge is 0.347 e.